The molecule has 2 aromatic rings. The van der Waals surface area contributed by atoms with Crippen molar-refractivity contribution < 1.29 is 9.53 Å². The summed E-state index contributed by atoms with van der Waals surface area (Å²) in [7, 11) is -0.710. The first-order valence-corrected chi connectivity index (χ1v) is 6.79. The first kappa shape index (κ1) is 12.5. The molecule has 0 fully saturated rings. The molecule has 1 N–H and O–H groups in total. The number of nitrogens with one attached hydrogen (secondary N) is 1. The third kappa shape index (κ3) is 3.27. The summed E-state index contributed by atoms with van der Waals surface area (Å²) in [4.78, 5) is 15.7. The molecule has 0 bridgehead atoms. The molecule has 5 nitrogen and oxygen atoms in total. The Balaban J connectivity index is 1.95. The van der Waals surface area contributed by atoms with Gasteiger partial charge in [0.25, 0.3) is 5.51 Å². The molecule has 94 valence electrons. The van der Waals surface area contributed by atoms with Crippen LogP contribution in [0.2, 0.25) is 0 Å². The second kappa shape index (κ2) is 5.59. The molecule has 2 rings (SSSR count). The van der Waals surface area contributed by atoms with Gasteiger partial charge in [0.1, 0.15) is 5.75 Å². The number of carbonyl (C=O) groups is 1. The molecular formula is C12H14N3O2S+. The van der Waals surface area contributed by atoms with Gasteiger partial charge in [-0.05, 0) is 12.1 Å². The number of nitrogens with zero attached hydrogens (tertiary/aromatic N) is 2. The number of carbonyl (C=O) groups excluding carboxylic acids is 1. The molecule has 1 aromatic heterocycles. The number of benzene rings is 1. The summed E-state index contributed by atoms with van der Waals surface area (Å²) in [5, 5.41) is 0. The molecule has 1 heterocycles. The van der Waals surface area contributed by atoms with Crippen LogP contribution >= 0.6 is 10.9 Å². The number of hydrogen-bond donors (Lipinski definition) is 1. The average molecular weight is 264 g/mol. The fraction of sp³-hybridized carbons (Fsp3) is 0.250. The van der Waals surface area contributed by atoms with E-state index in [1.165, 1.54) is 0 Å². The maximum Gasteiger partial charge on any atom is 0.459 e. The lowest BCUT2D eigenvalue weighted by Crippen LogP contribution is -2.15. The second-order valence-electron chi connectivity index (χ2n) is 3.96. The Labute approximate surface area is 108 Å². The van der Waals surface area contributed by atoms with Crippen molar-refractivity contribution in [1.29, 1.82) is 0 Å². The Kier molecular flexibility index (Phi) is 3.88. The molecule has 0 aliphatic heterocycles. The van der Waals surface area contributed by atoms with Gasteiger partial charge in [-0.2, -0.15) is 4.98 Å². The Hall–Kier alpha value is -1.95. The number of hydrogen-bond acceptors (Lipinski definition) is 4. The maximum atomic E-state index is 11.6. The predicted molar refractivity (Wildman–Crippen MR) is 70.4 cm³/mol. The van der Waals surface area contributed by atoms with Gasteiger partial charge in [0.2, 0.25) is 10.9 Å². The molecular weight excluding hydrogens is 250 g/mol. The Morgan fingerprint density at radius 2 is 2.06 bits per heavy atom. The minimum absolute atomic E-state index is 0.255. The minimum Gasteiger partial charge on any atom is -0.407 e. The van der Waals surface area contributed by atoms with Crippen molar-refractivity contribution in [2.24, 2.45) is 0 Å². The van der Waals surface area contributed by atoms with Crippen LogP contribution in [0, 0.1) is 0 Å². The van der Waals surface area contributed by atoms with Crippen molar-refractivity contribution in [1.82, 2.24) is 9.36 Å². The number of ether oxygens (including phenoxy) is 1. The van der Waals surface area contributed by atoms with Crippen molar-refractivity contribution >= 4 is 16.9 Å². The Bertz CT molecular complexity index is 525. The number of para-hydroxylation sites is 1. The lowest BCUT2D eigenvalue weighted by Gasteiger charge is -1.99. The van der Waals surface area contributed by atoms with Crippen molar-refractivity contribution in [2.45, 2.75) is 19.8 Å². The van der Waals surface area contributed by atoms with Crippen molar-refractivity contribution in [3.05, 3.63) is 41.7 Å². The van der Waals surface area contributed by atoms with Crippen LogP contribution in [0.15, 0.2) is 35.8 Å². The zero-order valence-corrected chi connectivity index (χ0v) is 11.0. The van der Waals surface area contributed by atoms with Crippen LogP contribution in [0.25, 0.3) is 0 Å². The summed E-state index contributed by atoms with van der Waals surface area (Å²) < 4.78 is 12.0. The van der Waals surface area contributed by atoms with E-state index in [1.807, 2.05) is 19.9 Å². The summed E-state index contributed by atoms with van der Waals surface area (Å²) in [6.45, 7) is 4.01. The number of amides is 1. The topological polar surface area (TPSA) is 64.1 Å². The lowest BCUT2D eigenvalue weighted by molar-refractivity contribution is 0.216. The van der Waals surface area contributed by atoms with E-state index in [1.54, 1.807) is 29.8 Å². The fourth-order valence-electron chi connectivity index (χ4n) is 1.26. The fourth-order valence-corrected chi connectivity index (χ4v) is 2.28. The van der Waals surface area contributed by atoms with Crippen molar-refractivity contribution in [2.75, 3.05) is 4.72 Å². The third-order valence-electron chi connectivity index (χ3n) is 2.13. The molecule has 1 amide bonds. The van der Waals surface area contributed by atoms with Crippen molar-refractivity contribution in [3.8, 4) is 5.75 Å². The highest BCUT2D eigenvalue weighted by Crippen LogP contribution is 2.16. The van der Waals surface area contributed by atoms with Gasteiger partial charge >= 0.3 is 6.09 Å². The largest absolute Gasteiger partial charge is 0.459 e. The zero-order chi connectivity index (χ0) is 13.0. The zero-order valence-electron chi connectivity index (χ0n) is 10.2. The molecule has 0 saturated heterocycles. The van der Waals surface area contributed by atoms with E-state index in [0.29, 0.717) is 5.75 Å². The maximum absolute atomic E-state index is 11.6. The quantitative estimate of drug-likeness (QED) is 0.865. The molecule has 1 aromatic carbocycles. The average Bonchev–Trinajstić information content (AvgIpc) is 2.78. The summed E-state index contributed by atoms with van der Waals surface area (Å²) in [5.41, 5.74) is 1.63. The molecule has 0 aliphatic carbocycles. The second-order valence-corrected chi connectivity index (χ2v) is 5.18. The normalized spacial score (nSPS) is 11.4. The van der Waals surface area contributed by atoms with Gasteiger partial charge in [-0.1, -0.05) is 36.8 Å². The first-order valence-electron chi connectivity index (χ1n) is 5.54. The van der Waals surface area contributed by atoms with E-state index in [4.69, 9.17) is 4.74 Å². The summed E-state index contributed by atoms with van der Waals surface area (Å²) in [5.74, 6) is 1.51. The molecule has 0 saturated carbocycles. The Morgan fingerprint density at radius 1 is 1.33 bits per heavy atom. The minimum atomic E-state index is -0.710. The smallest absolute Gasteiger partial charge is 0.407 e. The first-order chi connectivity index (χ1) is 8.65. The van der Waals surface area contributed by atoms with Gasteiger partial charge in [-0.3, -0.25) is 0 Å². The van der Waals surface area contributed by atoms with Crippen LogP contribution in [0.3, 0.4) is 0 Å². The van der Waals surface area contributed by atoms with E-state index in [-0.39, 0.29) is 5.92 Å². The van der Waals surface area contributed by atoms with Crippen LogP contribution in [0.4, 0.5) is 4.79 Å². The van der Waals surface area contributed by atoms with Gasteiger partial charge in [0.15, 0.2) is 5.82 Å². The predicted octanol–water partition coefficient (Wildman–Crippen LogP) is 3.09. The van der Waals surface area contributed by atoms with E-state index >= 15 is 0 Å². The highest BCUT2D eigenvalue weighted by atomic mass is 32.2. The molecule has 0 spiro atoms. The van der Waals surface area contributed by atoms with E-state index < -0.39 is 16.9 Å². The van der Waals surface area contributed by atoms with E-state index in [2.05, 4.69) is 14.1 Å². The number of aromatic nitrogens is 2. The molecule has 1 unspecified atom stereocenters. The van der Waals surface area contributed by atoms with Crippen molar-refractivity contribution in [3.63, 3.8) is 0 Å². The van der Waals surface area contributed by atoms with Crippen LogP contribution in [-0.4, -0.2) is 15.5 Å². The van der Waals surface area contributed by atoms with E-state index in [0.717, 1.165) is 5.82 Å². The van der Waals surface area contributed by atoms with E-state index in [9.17, 15) is 4.79 Å². The van der Waals surface area contributed by atoms with Gasteiger partial charge in [0, 0.05) is 10.3 Å². The molecule has 6 heteroatoms. The lowest BCUT2D eigenvalue weighted by atomic mass is 10.2. The van der Waals surface area contributed by atoms with Gasteiger partial charge in [-0.15, -0.1) is 0 Å². The monoisotopic (exact) mass is 264 g/mol. The standard InChI is InChI=1S/C12H13N3O2S/c1-9(2)11-13-8-18(14-11)15-12(16)17-10-6-4-3-5-7-10/h3-9H,1-2H3/p+1. The molecule has 1 atom stereocenters. The highest BCUT2D eigenvalue weighted by Gasteiger charge is 2.18. The Morgan fingerprint density at radius 3 is 2.67 bits per heavy atom. The van der Waals surface area contributed by atoms with Gasteiger partial charge in [-0.25, -0.2) is 4.79 Å². The number of rotatable bonds is 3. The third-order valence-corrected chi connectivity index (χ3v) is 3.20. The van der Waals surface area contributed by atoms with Crippen LogP contribution in [-0.2, 0) is 0 Å². The van der Waals surface area contributed by atoms with Crippen LogP contribution < -0.4 is 9.46 Å². The molecule has 18 heavy (non-hydrogen) atoms. The summed E-state index contributed by atoms with van der Waals surface area (Å²) in [6, 6.07) is 8.89. The van der Waals surface area contributed by atoms with Crippen LogP contribution in [0.1, 0.15) is 25.6 Å². The molecule has 0 radical (unpaired) electrons. The summed E-state index contributed by atoms with van der Waals surface area (Å²) in [6.07, 6.45) is -0.523. The highest BCUT2D eigenvalue weighted by molar-refractivity contribution is 7.27. The van der Waals surface area contributed by atoms with Gasteiger partial charge in [0.05, 0.1) is 0 Å². The summed E-state index contributed by atoms with van der Waals surface area (Å²) >= 11 is 0. The molecule has 0 aliphatic rings. The van der Waals surface area contributed by atoms with Gasteiger partial charge < -0.3 is 4.74 Å². The SMILES string of the molecule is CC(C)c1nc[s+](NC(=O)Oc2ccccc2)n1. The van der Waals surface area contributed by atoms with Crippen LogP contribution in [0.5, 0.6) is 5.75 Å².